The lowest BCUT2D eigenvalue weighted by atomic mass is 10.1. The van der Waals surface area contributed by atoms with Crippen molar-refractivity contribution in [3.8, 4) is 45.8 Å². The van der Waals surface area contributed by atoms with Crippen LogP contribution in [0, 0.1) is 0 Å². The zero-order chi connectivity index (χ0) is 24.0. The molecular formula is C24H26N2O7. The minimum Gasteiger partial charge on any atom is -0.493 e. The number of nitrogens with zero attached hydrogens (tertiary/aromatic N) is 1. The second-order valence-corrected chi connectivity index (χ2v) is 6.73. The highest BCUT2D eigenvalue weighted by atomic mass is 16.5. The Bertz CT molecular complexity index is 1120. The van der Waals surface area contributed by atoms with Gasteiger partial charge in [0.05, 0.1) is 54.0 Å². The van der Waals surface area contributed by atoms with E-state index in [1.54, 1.807) is 57.7 Å². The van der Waals surface area contributed by atoms with Crippen LogP contribution in [0.4, 0.5) is 0 Å². The molecule has 2 aromatic carbocycles. The van der Waals surface area contributed by atoms with E-state index in [0.717, 1.165) is 5.56 Å². The Kier molecular flexibility index (Phi) is 7.45. The summed E-state index contributed by atoms with van der Waals surface area (Å²) in [6.45, 7) is 0. The standard InChI is InChI=1S/C24H26N2O7/c1-28-19-9-14(10-20(29-2)23(19)32-5)17-13-16(25-26-17)7-8-18(27)15-11-21(30-3)24(33-6)22(12-15)31-4/h7-13H,1-6H3,(H,25,26). The molecule has 9 heteroatoms. The van der Waals surface area contributed by atoms with Crippen LogP contribution in [0.1, 0.15) is 16.1 Å². The number of aromatic nitrogens is 2. The van der Waals surface area contributed by atoms with Gasteiger partial charge in [0.1, 0.15) is 0 Å². The van der Waals surface area contributed by atoms with Gasteiger partial charge in [0.15, 0.2) is 28.8 Å². The van der Waals surface area contributed by atoms with Gasteiger partial charge in [0, 0.05) is 11.1 Å². The van der Waals surface area contributed by atoms with Crippen molar-refractivity contribution < 1.29 is 33.2 Å². The van der Waals surface area contributed by atoms with Gasteiger partial charge in [-0.3, -0.25) is 9.89 Å². The smallest absolute Gasteiger partial charge is 0.203 e. The van der Waals surface area contributed by atoms with Crippen molar-refractivity contribution in [2.24, 2.45) is 0 Å². The number of ether oxygens (including phenoxy) is 6. The number of hydrogen-bond acceptors (Lipinski definition) is 8. The minimum absolute atomic E-state index is 0.238. The van der Waals surface area contributed by atoms with Crippen LogP contribution >= 0.6 is 0 Å². The van der Waals surface area contributed by atoms with Crippen LogP contribution in [-0.2, 0) is 0 Å². The Morgan fingerprint density at radius 3 is 1.67 bits per heavy atom. The maximum atomic E-state index is 12.7. The molecule has 3 aromatic rings. The molecule has 0 unspecified atom stereocenters. The predicted molar refractivity (Wildman–Crippen MR) is 123 cm³/mol. The number of methoxy groups -OCH3 is 6. The van der Waals surface area contributed by atoms with E-state index in [-0.39, 0.29) is 5.78 Å². The van der Waals surface area contributed by atoms with Crippen molar-refractivity contribution in [2.45, 2.75) is 0 Å². The molecule has 0 aliphatic heterocycles. The van der Waals surface area contributed by atoms with Gasteiger partial charge in [-0.15, -0.1) is 0 Å². The molecule has 33 heavy (non-hydrogen) atoms. The normalized spacial score (nSPS) is 10.7. The molecule has 0 spiro atoms. The van der Waals surface area contributed by atoms with Crippen LogP contribution in [0.2, 0.25) is 0 Å². The summed E-state index contributed by atoms with van der Waals surface area (Å²) in [5, 5.41) is 7.23. The van der Waals surface area contributed by atoms with Crippen LogP contribution < -0.4 is 28.4 Å². The first-order valence-corrected chi connectivity index (χ1v) is 9.87. The van der Waals surface area contributed by atoms with Crippen molar-refractivity contribution in [3.05, 3.63) is 47.7 Å². The SMILES string of the molecule is COc1cc(C(=O)C=Cc2cc(-c3cc(OC)c(OC)c(OC)c3)n[nH]2)cc(OC)c1OC. The lowest BCUT2D eigenvalue weighted by Gasteiger charge is -2.13. The number of allylic oxidation sites excluding steroid dienone is 1. The quantitative estimate of drug-likeness (QED) is 0.362. The van der Waals surface area contributed by atoms with E-state index in [2.05, 4.69) is 10.2 Å². The van der Waals surface area contributed by atoms with E-state index in [1.165, 1.54) is 27.4 Å². The van der Waals surface area contributed by atoms with E-state index in [1.807, 2.05) is 0 Å². The number of rotatable bonds is 10. The Labute approximate surface area is 191 Å². The first kappa shape index (κ1) is 23.5. The molecule has 3 rings (SSSR count). The molecule has 174 valence electrons. The lowest BCUT2D eigenvalue weighted by Crippen LogP contribution is -2.00. The molecule has 1 aromatic heterocycles. The summed E-state index contributed by atoms with van der Waals surface area (Å²) in [6.07, 6.45) is 3.08. The fraction of sp³-hybridized carbons (Fsp3) is 0.250. The van der Waals surface area contributed by atoms with Crippen LogP contribution in [-0.4, -0.2) is 58.6 Å². The van der Waals surface area contributed by atoms with Gasteiger partial charge in [0.2, 0.25) is 11.5 Å². The highest BCUT2D eigenvalue weighted by Gasteiger charge is 2.17. The van der Waals surface area contributed by atoms with Crippen LogP contribution in [0.5, 0.6) is 34.5 Å². The van der Waals surface area contributed by atoms with Gasteiger partial charge in [-0.2, -0.15) is 5.10 Å². The third-order valence-corrected chi connectivity index (χ3v) is 4.92. The summed E-state index contributed by atoms with van der Waals surface area (Å²) >= 11 is 0. The largest absolute Gasteiger partial charge is 0.493 e. The van der Waals surface area contributed by atoms with Gasteiger partial charge in [-0.25, -0.2) is 0 Å². The van der Waals surface area contributed by atoms with Gasteiger partial charge in [0.25, 0.3) is 0 Å². The third kappa shape index (κ3) is 4.87. The molecule has 0 saturated carbocycles. The number of carbonyl (C=O) groups is 1. The maximum absolute atomic E-state index is 12.7. The van der Waals surface area contributed by atoms with Crippen LogP contribution in [0.25, 0.3) is 17.3 Å². The molecule has 0 atom stereocenters. The number of benzene rings is 2. The monoisotopic (exact) mass is 454 g/mol. The maximum Gasteiger partial charge on any atom is 0.203 e. The van der Waals surface area contributed by atoms with Crippen molar-refractivity contribution in [3.63, 3.8) is 0 Å². The number of nitrogens with one attached hydrogen (secondary N) is 1. The van der Waals surface area contributed by atoms with E-state index in [4.69, 9.17) is 28.4 Å². The molecule has 0 aliphatic rings. The highest BCUT2D eigenvalue weighted by molar-refractivity contribution is 6.07. The fourth-order valence-electron chi connectivity index (χ4n) is 3.28. The predicted octanol–water partition coefficient (Wildman–Crippen LogP) is 4.02. The summed E-state index contributed by atoms with van der Waals surface area (Å²) in [7, 11) is 9.14. The highest BCUT2D eigenvalue weighted by Crippen LogP contribution is 2.41. The Morgan fingerprint density at radius 2 is 1.21 bits per heavy atom. The number of carbonyl (C=O) groups excluding carboxylic acids is 1. The Hall–Kier alpha value is -4.14. The zero-order valence-corrected chi connectivity index (χ0v) is 19.3. The number of hydrogen-bond donors (Lipinski definition) is 1. The van der Waals surface area contributed by atoms with E-state index in [0.29, 0.717) is 51.4 Å². The summed E-state index contributed by atoms with van der Waals surface area (Å²) in [6, 6.07) is 8.60. The second-order valence-electron chi connectivity index (χ2n) is 6.73. The van der Waals surface area contributed by atoms with Gasteiger partial charge in [-0.1, -0.05) is 0 Å². The molecule has 0 bridgehead atoms. The van der Waals surface area contributed by atoms with Crippen LogP contribution in [0.3, 0.4) is 0 Å². The van der Waals surface area contributed by atoms with Gasteiger partial charge < -0.3 is 28.4 Å². The Balaban J connectivity index is 1.87. The summed E-state index contributed by atoms with van der Waals surface area (Å²) in [5.41, 5.74) is 2.44. The van der Waals surface area contributed by atoms with Crippen molar-refractivity contribution in [1.82, 2.24) is 10.2 Å². The average Bonchev–Trinajstić information content (AvgIpc) is 3.34. The molecule has 0 fully saturated rings. The third-order valence-electron chi connectivity index (χ3n) is 4.92. The Morgan fingerprint density at radius 1 is 0.727 bits per heavy atom. The van der Waals surface area contributed by atoms with Crippen molar-refractivity contribution >= 4 is 11.9 Å². The zero-order valence-electron chi connectivity index (χ0n) is 19.3. The number of ketones is 1. The van der Waals surface area contributed by atoms with Crippen LogP contribution in [0.15, 0.2) is 36.4 Å². The molecule has 0 aliphatic carbocycles. The number of H-pyrrole nitrogens is 1. The van der Waals surface area contributed by atoms with Gasteiger partial charge >= 0.3 is 0 Å². The molecule has 0 amide bonds. The van der Waals surface area contributed by atoms with E-state index < -0.39 is 0 Å². The summed E-state index contributed by atoms with van der Waals surface area (Å²) in [4.78, 5) is 12.7. The average molecular weight is 454 g/mol. The van der Waals surface area contributed by atoms with E-state index in [9.17, 15) is 4.79 Å². The molecule has 1 N–H and O–H groups in total. The van der Waals surface area contributed by atoms with Crippen molar-refractivity contribution in [1.29, 1.82) is 0 Å². The first-order chi connectivity index (χ1) is 16.0. The minimum atomic E-state index is -0.238. The fourth-order valence-corrected chi connectivity index (χ4v) is 3.28. The first-order valence-electron chi connectivity index (χ1n) is 9.87. The summed E-state index contributed by atoms with van der Waals surface area (Å²) in [5.74, 6) is 2.52. The topological polar surface area (TPSA) is 101 Å². The molecule has 1 heterocycles. The second kappa shape index (κ2) is 10.4. The molecule has 0 radical (unpaired) electrons. The molecule has 9 nitrogen and oxygen atoms in total. The molecule has 0 saturated heterocycles. The van der Waals surface area contributed by atoms with Crippen molar-refractivity contribution in [2.75, 3.05) is 42.7 Å². The van der Waals surface area contributed by atoms with Gasteiger partial charge in [-0.05, 0) is 42.5 Å². The summed E-state index contributed by atoms with van der Waals surface area (Å²) < 4.78 is 32.1. The van der Waals surface area contributed by atoms with E-state index >= 15 is 0 Å². The molecular weight excluding hydrogens is 428 g/mol. The lowest BCUT2D eigenvalue weighted by molar-refractivity contribution is 0.104. The number of aromatic amines is 1.